The molecule has 30 heavy (non-hydrogen) atoms. The zero-order valence-corrected chi connectivity index (χ0v) is 18.9. The Morgan fingerprint density at radius 3 is 2.40 bits per heavy atom. The minimum absolute atomic E-state index is 0.0156. The van der Waals surface area contributed by atoms with Crippen LogP contribution in [0, 0.1) is 12.8 Å². The number of carbonyl (C=O) groups is 3. The largest absolute Gasteiger partial charge is 0.342 e. The molecule has 1 aromatic heterocycles. The van der Waals surface area contributed by atoms with Crippen LogP contribution in [0.15, 0.2) is 34.5 Å². The first-order valence-electron chi connectivity index (χ1n) is 9.88. The number of nitrogens with one attached hydrogen (secondary N) is 2. The second kappa shape index (κ2) is 10.1. The van der Waals surface area contributed by atoms with Crippen LogP contribution in [-0.2, 0) is 14.4 Å². The Morgan fingerprint density at radius 1 is 1.17 bits per heavy atom. The van der Waals surface area contributed by atoms with Gasteiger partial charge in [-0.05, 0) is 51.0 Å². The Morgan fingerprint density at radius 2 is 1.83 bits per heavy atom. The summed E-state index contributed by atoms with van der Waals surface area (Å²) in [5.41, 5.74) is 1.63. The monoisotopic (exact) mass is 446 g/mol. The van der Waals surface area contributed by atoms with Crippen LogP contribution >= 0.6 is 23.1 Å². The number of rotatable bonds is 6. The van der Waals surface area contributed by atoms with Crippen molar-refractivity contribution in [1.29, 1.82) is 0 Å². The van der Waals surface area contributed by atoms with E-state index in [1.54, 1.807) is 0 Å². The molecule has 1 fully saturated rings. The Labute approximate surface area is 184 Å². The number of hydrogen-bond donors (Lipinski definition) is 2. The van der Waals surface area contributed by atoms with Crippen molar-refractivity contribution in [3.8, 4) is 0 Å². The van der Waals surface area contributed by atoms with Crippen molar-refractivity contribution < 1.29 is 14.4 Å². The molecular formula is C21H26N4O3S2. The van der Waals surface area contributed by atoms with E-state index in [0.717, 1.165) is 16.3 Å². The van der Waals surface area contributed by atoms with Gasteiger partial charge in [0.05, 0.1) is 10.9 Å². The Bertz CT molecular complexity index is 905. The maximum absolute atomic E-state index is 12.8. The summed E-state index contributed by atoms with van der Waals surface area (Å²) < 4.78 is 0. The molecule has 1 saturated heterocycles. The van der Waals surface area contributed by atoms with Crippen molar-refractivity contribution in [3.63, 3.8) is 0 Å². The van der Waals surface area contributed by atoms with Crippen LogP contribution in [0.4, 0.5) is 10.8 Å². The van der Waals surface area contributed by atoms with Gasteiger partial charge in [0.25, 0.3) is 0 Å². The SMILES string of the molecule is CC(=O)Nc1ccc(SC(C)C(=O)N2CCC(C(=O)Nc3nc(C)cs3)CC2)cc1. The summed E-state index contributed by atoms with van der Waals surface area (Å²) in [6, 6.07) is 7.46. The van der Waals surface area contributed by atoms with Gasteiger partial charge in [0, 0.05) is 41.9 Å². The number of piperidine rings is 1. The van der Waals surface area contributed by atoms with E-state index in [9.17, 15) is 14.4 Å². The van der Waals surface area contributed by atoms with Crippen LogP contribution < -0.4 is 10.6 Å². The molecule has 3 rings (SSSR count). The van der Waals surface area contributed by atoms with Gasteiger partial charge in [0.15, 0.2) is 5.13 Å². The van der Waals surface area contributed by atoms with E-state index in [1.165, 1.54) is 30.0 Å². The lowest BCUT2D eigenvalue weighted by atomic mass is 9.96. The number of amides is 3. The number of likely N-dealkylation sites (tertiary alicyclic amines) is 1. The number of anilines is 2. The molecule has 2 heterocycles. The number of benzene rings is 1. The van der Waals surface area contributed by atoms with E-state index < -0.39 is 0 Å². The van der Waals surface area contributed by atoms with E-state index in [2.05, 4.69) is 15.6 Å². The smallest absolute Gasteiger partial charge is 0.235 e. The van der Waals surface area contributed by atoms with Crippen LogP contribution in [0.25, 0.3) is 0 Å². The van der Waals surface area contributed by atoms with Crippen LogP contribution in [-0.4, -0.2) is 45.9 Å². The highest BCUT2D eigenvalue weighted by Gasteiger charge is 2.30. The van der Waals surface area contributed by atoms with Gasteiger partial charge < -0.3 is 15.5 Å². The molecule has 9 heteroatoms. The molecule has 0 bridgehead atoms. The summed E-state index contributed by atoms with van der Waals surface area (Å²) in [7, 11) is 0. The number of nitrogens with zero attached hydrogens (tertiary/aromatic N) is 2. The second-order valence-electron chi connectivity index (χ2n) is 7.35. The third kappa shape index (κ3) is 6.06. The molecule has 3 amide bonds. The van der Waals surface area contributed by atoms with Crippen molar-refractivity contribution in [3.05, 3.63) is 35.3 Å². The molecule has 0 radical (unpaired) electrons. The predicted octanol–water partition coefficient (Wildman–Crippen LogP) is 3.77. The molecule has 1 aliphatic rings. The van der Waals surface area contributed by atoms with E-state index in [0.29, 0.717) is 31.1 Å². The van der Waals surface area contributed by atoms with Crippen molar-refractivity contribution in [1.82, 2.24) is 9.88 Å². The topological polar surface area (TPSA) is 91.4 Å². The number of aryl methyl sites for hydroxylation is 1. The summed E-state index contributed by atoms with van der Waals surface area (Å²) >= 11 is 2.92. The molecule has 1 unspecified atom stereocenters. The zero-order chi connectivity index (χ0) is 21.7. The van der Waals surface area contributed by atoms with Gasteiger partial charge in [-0.25, -0.2) is 4.98 Å². The molecule has 7 nitrogen and oxygen atoms in total. The van der Waals surface area contributed by atoms with Crippen molar-refractivity contribution in [2.45, 2.75) is 43.8 Å². The van der Waals surface area contributed by atoms with Crippen molar-refractivity contribution in [2.75, 3.05) is 23.7 Å². The van der Waals surface area contributed by atoms with E-state index in [1.807, 2.05) is 48.4 Å². The lowest BCUT2D eigenvalue weighted by Crippen LogP contribution is -2.44. The number of thioether (sulfide) groups is 1. The van der Waals surface area contributed by atoms with Crippen molar-refractivity contribution >= 4 is 51.6 Å². The number of carbonyl (C=O) groups excluding carboxylic acids is 3. The molecule has 1 aromatic carbocycles. The summed E-state index contributed by atoms with van der Waals surface area (Å²) in [5.74, 6) is -0.140. The van der Waals surface area contributed by atoms with E-state index >= 15 is 0 Å². The summed E-state index contributed by atoms with van der Waals surface area (Å²) in [4.78, 5) is 43.5. The number of aromatic nitrogens is 1. The van der Waals surface area contributed by atoms with Crippen LogP contribution in [0.2, 0.25) is 0 Å². The quantitative estimate of drug-likeness (QED) is 0.659. The number of hydrogen-bond acceptors (Lipinski definition) is 6. The minimum Gasteiger partial charge on any atom is -0.342 e. The third-order valence-corrected chi connectivity index (χ3v) is 6.84. The Hall–Kier alpha value is -2.39. The lowest BCUT2D eigenvalue weighted by molar-refractivity contribution is -0.133. The first-order chi connectivity index (χ1) is 14.3. The van der Waals surface area contributed by atoms with Crippen LogP contribution in [0.5, 0.6) is 0 Å². The maximum atomic E-state index is 12.8. The van der Waals surface area contributed by atoms with Gasteiger partial charge >= 0.3 is 0 Å². The van der Waals surface area contributed by atoms with Crippen molar-refractivity contribution in [2.24, 2.45) is 5.92 Å². The zero-order valence-electron chi connectivity index (χ0n) is 17.3. The summed E-state index contributed by atoms with van der Waals surface area (Å²) in [6.07, 6.45) is 1.31. The summed E-state index contributed by atoms with van der Waals surface area (Å²) in [5, 5.41) is 7.93. The molecule has 2 aromatic rings. The molecule has 0 spiro atoms. The summed E-state index contributed by atoms with van der Waals surface area (Å²) in [6.45, 7) is 6.43. The highest BCUT2D eigenvalue weighted by atomic mass is 32.2. The normalized spacial score (nSPS) is 15.5. The fourth-order valence-corrected chi connectivity index (χ4v) is 4.96. The first-order valence-corrected chi connectivity index (χ1v) is 11.6. The fraction of sp³-hybridized carbons (Fsp3) is 0.429. The van der Waals surface area contributed by atoms with Crippen LogP contribution in [0.3, 0.4) is 0 Å². The van der Waals surface area contributed by atoms with Gasteiger partial charge in [-0.2, -0.15) is 0 Å². The van der Waals surface area contributed by atoms with Gasteiger partial charge in [-0.3, -0.25) is 14.4 Å². The highest BCUT2D eigenvalue weighted by Crippen LogP contribution is 2.28. The molecule has 0 aliphatic carbocycles. The molecule has 2 N–H and O–H groups in total. The predicted molar refractivity (Wildman–Crippen MR) is 121 cm³/mol. The molecule has 160 valence electrons. The molecule has 0 saturated carbocycles. The standard InChI is InChI=1S/C21H26N4O3S2/c1-13-12-29-21(22-13)24-19(27)16-8-10-25(11-9-16)20(28)14(2)30-18-6-4-17(5-7-18)23-15(3)26/h4-7,12,14,16H,8-11H2,1-3H3,(H,23,26)(H,22,24,27). The van der Waals surface area contributed by atoms with Crippen LogP contribution in [0.1, 0.15) is 32.4 Å². The number of thiazole rings is 1. The van der Waals surface area contributed by atoms with Gasteiger partial charge in [0.1, 0.15) is 0 Å². The first kappa shape index (κ1) is 22.3. The fourth-order valence-electron chi connectivity index (χ4n) is 3.31. The van der Waals surface area contributed by atoms with Gasteiger partial charge in [-0.15, -0.1) is 23.1 Å². The average Bonchev–Trinajstić information content (AvgIpc) is 3.13. The average molecular weight is 447 g/mol. The van der Waals surface area contributed by atoms with E-state index in [-0.39, 0.29) is 28.9 Å². The molecular weight excluding hydrogens is 420 g/mol. The Kier molecular flexibility index (Phi) is 7.49. The highest BCUT2D eigenvalue weighted by molar-refractivity contribution is 8.00. The minimum atomic E-state index is -0.222. The second-order valence-corrected chi connectivity index (χ2v) is 9.62. The molecule has 1 aliphatic heterocycles. The van der Waals surface area contributed by atoms with Gasteiger partial charge in [0.2, 0.25) is 17.7 Å². The Balaban J connectivity index is 1.47. The molecule has 1 atom stereocenters. The van der Waals surface area contributed by atoms with Gasteiger partial charge in [-0.1, -0.05) is 0 Å². The van der Waals surface area contributed by atoms with E-state index in [4.69, 9.17) is 0 Å². The maximum Gasteiger partial charge on any atom is 0.235 e. The lowest BCUT2D eigenvalue weighted by Gasteiger charge is -2.32. The third-order valence-electron chi connectivity index (χ3n) is 4.86.